The van der Waals surface area contributed by atoms with Gasteiger partial charge in [0.25, 0.3) is 0 Å². The fourth-order valence-electron chi connectivity index (χ4n) is 1.89. The second-order valence-corrected chi connectivity index (χ2v) is 3.55. The van der Waals surface area contributed by atoms with Gasteiger partial charge < -0.3 is 4.90 Å². The van der Waals surface area contributed by atoms with Crippen molar-refractivity contribution in [3.8, 4) is 0 Å². The first-order valence-electron chi connectivity index (χ1n) is 5.32. The van der Waals surface area contributed by atoms with Gasteiger partial charge in [-0.25, -0.2) is 0 Å². The van der Waals surface area contributed by atoms with E-state index in [1.165, 1.54) is 45.2 Å². The van der Waals surface area contributed by atoms with E-state index in [0.717, 1.165) is 0 Å². The van der Waals surface area contributed by atoms with Crippen molar-refractivity contribution < 1.29 is 0 Å². The summed E-state index contributed by atoms with van der Waals surface area (Å²) in [4.78, 5) is 2.56. The molecule has 0 atom stereocenters. The molecule has 12 heavy (non-hydrogen) atoms. The molecule has 1 heterocycles. The van der Waals surface area contributed by atoms with Crippen LogP contribution in [0.4, 0.5) is 0 Å². The van der Waals surface area contributed by atoms with Gasteiger partial charge in [-0.1, -0.05) is 26.3 Å². The van der Waals surface area contributed by atoms with E-state index in [2.05, 4.69) is 24.8 Å². The summed E-state index contributed by atoms with van der Waals surface area (Å²) in [5, 5.41) is 0. The number of allylic oxidation sites excluding steroid dienone is 2. The Hall–Kier alpha value is -0.460. The monoisotopic (exact) mass is 167 g/mol. The van der Waals surface area contributed by atoms with Crippen molar-refractivity contribution in [1.82, 2.24) is 4.90 Å². The van der Waals surface area contributed by atoms with Crippen molar-refractivity contribution in [2.45, 2.75) is 46.0 Å². The Morgan fingerprint density at radius 3 is 2.42 bits per heavy atom. The van der Waals surface area contributed by atoms with E-state index < -0.39 is 0 Å². The maximum atomic E-state index is 2.56. The van der Waals surface area contributed by atoms with Gasteiger partial charge in [-0.3, -0.25) is 0 Å². The molecule has 0 radical (unpaired) electrons. The molecule has 0 unspecified atom stereocenters. The molecule has 1 rings (SSSR count). The van der Waals surface area contributed by atoms with Crippen LogP contribution in [0.1, 0.15) is 46.0 Å². The number of nitrogens with zero attached hydrogens (tertiary/aromatic N) is 1. The van der Waals surface area contributed by atoms with Crippen LogP contribution in [0.2, 0.25) is 0 Å². The Balaban J connectivity index is 2.45. The van der Waals surface area contributed by atoms with Crippen LogP contribution in [0.5, 0.6) is 0 Å². The van der Waals surface area contributed by atoms with Crippen LogP contribution in [0.25, 0.3) is 0 Å². The van der Waals surface area contributed by atoms with Crippen LogP contribution in [0.15, 0.2) is 11.8 Å². The predicted octanol–water partition coefficient (Wildman–Crippen LogP) is 3.18. The molecule has 1 nitrogen and oxygen atoms in total. The number of rotatable bonds is 4. The molecule has 0 N–H and O–H groups in total. The molecular formula is C11H21N. The lowest BCUT2D eigenvalue weighted by molar-refractivity contribution is 0.405. The second kappa shape index (κ2) is 5.23. The van der Waals surface area contributed by atoms with E-state index in [4.69, 9.17) is 0 Å². The third kappa shape index (κ3) is 2.54. The maximum Gasteiger partial charge on any atom is 0.0175 e. The standard InChI is InChI=1S/C11H21N/c1-3-7-11(8-4-2)12-9-5-6-10-12/h7H,3-6,8-10H2,1-2H3/b11-7-. The molecule has 0 aliphatic carbocycles. The summed E-state index contributed by atoms with van der Waals surface area (Å²) in [6.45, 7) is 7.09. The largest absolute Gasteiger partial charge is 0.375 e. The molecule has 0 bridgehead atoms. The van der Waals surface area contributed by atoms with Crippen molar-refractivity contribution in [3.63, 3.8) is 0 Å². The zero-order valence-corrected chi connectivity index (χ0v) is 8.47. The van der Waals surface area contributed by atoms with Crippen LogP contribution >= 0.6 is 0 Å². The fraction of sp³-hybridized carbons (Fsp3) is 0.818. The predicted molar refractivity (Wildman–Crippen MR) is 54.1 cm³/mol. The second-order valence-electron chi connectivity index (χ2n) is 3.55. The Bertz CT molecular complexity index is 143. The summed E-state index contributed by atoms with van der Waals surface area (Å²) < 4.78 is 0. The minimum Gasteiger partial charge on any atom is -0.375 e. The van der Waals surface area contributed by atoms with E-state index >= 15 is 0 Å². The average Bonchev–Trinajstić information content (AvgIpc) is 2.56. The molecular weight excluding hydrogens is 146 g/mol. The summed E-state index contributed by atoms with van der Waals surface area (Å²) >= 11 is 0. The molecule has 0 aromatic heterocycles. The van der Waals surface area contributed by atoms with Crippen LogP contribution < -0.4 is 0 Å². The molecule has 0 spiro atoms. The van der Waals surface area contributed by atoms with Gasteiger partial charge in [0.15, 0.2) is 0 Å². The first-order chi connectivity index (χ1) is 5.88. The van der Waals surface area contributed by atoms with Crippen molar-refractivity contribution >= 4 is 0 Å². The van der Waals surface area contributed by atoms with Crippen LogP contribution in [-0.4, -0.2) is 18.0 Å². The topological polar surface area (TPSA) is 3.24 Å². The highest BCUT2D eigenvalue weighted by Crippen LogP contribution is 2.18. The smallest absolute Gasteiger partial charge is 0.0175 e. The molecule has 1 saturated heterocycles. The van der Waals surface area contributed by atoms with E-state index in [-0.39, 0.29) is 0 Å². The van der Waals surface area contributed by atoms with Gasteiger partial charge >= 0.3 is 0 Å². The van der Waals surface area contributed by atoms with E-state index in [9.17, 15) is 0 Å². The SMILES string of the molecule is CC/C=C(/CCC)N1CCCC1. The van der Waals surface area contributed by atoms with Gasteiger partial charge in [0, 0.05) is 18.8 Å². The highest BCUT2D eigenvalue weighted by Gasteiger charge is 2.12. The van der Waals surface area contributed by atoms with Gasteiger partial charge in [-0.15, -0.1) is 0 Å². The highest BCUT2D eigenvalue weighted by atomic mass is 15.1. The van der Waals surface area contributed by atoms with E-state index in [1.54, 1.807) is 5.70 Å². The summed E-state index contributed by atoms with van der Waals surface area (Å²) in [7, 11) is 0. The Morgan fingerprint density at radius 2 is 1.92 bits per heavy atom. The number of hydrogen-bond donors (Lipinski definition) is 0. The van der Waals surface area contributed by atoms with Crippen LogP contribution in [-0.2, 0) is 0 Å². The average molecular weight is 167 g/mol. The summed E-state index contributed by atoms with van der Waals surface area (Å²) in [6, 6.07) is 0. The Labute approximate surface area is 76.5 Å². The normalized spacial score (nSPS) is 18.8. The minimum atomic E-state index is 1.19. The zero-order valence-electron chi connectivity index (χ0n) is 8.47. The number of likely N-dealkylation sites (tertiary alicyclic amines) is 1. The first kappa shape index (κ1) is 9.63. The zero-order chi connectivity index (χ0) is 8.81. The molecule has 0 aromatic carbocycles. The van der Waals surface area contributed by atoms with Gasteiger partial charge in [0.2, 0.25) is 0 Å². The maximum absolute atomic E-state index is 2.56. The molecule has 70 valence electrons. The molecule has 1 aliphatic rings. The van der Waals surface area contributed by atoms with Crippen molar-refractivity contribution in [2.24, 2.45) is 0 Å². The Kier molecular flexibility index (Phi) is 4.20. The van der Waals surface area contributed by atoms with Crippen LogP contribution in [0.3, 0.4) is 0 Å². The lowest BCUT2D eigenvalue weighted by Gasteiger charge is -2.21. The molecule has 0 saturated carbocycles. The van der Waals surface area contributed by atoms with Crippen molar-refractivity contribution in [2.75, 3.05) is 13.1 Å². The lowest BCUT2D eigenvalue weighted by Crippen LogP contribution is -2.18. The molecule has 0 amide bonds. The van der Waals surface area contributed by atoms with Crippen LogP contribution in [0, 0.1) is 0 Å². The van der Waals surface area contributed by atoms with Gasteiger partial charge in [-0.2, -0.15) is 0 Å². The lowest BCUT2D eigenvalue weighted by atomic mass is 10.2. The highest BCUT2D eigenvalue weighted by molar-refractivity contribution is 5.02. The van der Waals surface area contributed by atoms with Crippen molar-refractivity contribution in [1.29, 1.82) is 0 Å². The fourth-order valence-corrected chi connectivity index (χ4v) is 1.89. The summed E-state index contributed by atoms with van der Waals surface area (Å²) in [5.41, 5.74) is 1.59. The van der Waals surface area contributed by atoms with Gasteiger partial charge in [0.05, 0.1) is 0 Å². The molecule has 1 fully saturated rings. The summed E-state index contributed by atoms with van der Waals surface area (Å²) in [6.07, 6.45) is 8.92. The summed E-state index contributed by atoms with van der Waals surface area (Å²) in [5.74, 6) is 0. The number of hydrogen-bond acceptors (Lipinski definition) is 1. The van der Waals surface area contributed by atoms with E-state index in [1.807, 2.05) is 0 Å². The van der Waals surface area contributed by atoms with Crippen molar-refractivity contribution in [3.05, 3.63) is 11.8 Å². The Morgan fingerprint density at radius 1 is 1.25 bits per heavy atom. The molecule has 1 heteroatoms. The quantitative estimate of drug-likeness (QED) is 0.621. The minimum absolute atomic E-state index is 1.19. The van der Waals surface area contributed by atoms with Gasteiger partial charge in [0.1, 0.15) is 0 Å². The third-order valence-electron chi connectivity index (χ3n) is 2.46. The van der Waals surface area contributed by atoms with E-state index in [0.29, 0.717) is 0 Å². The first-order valence-corrected chi connectivity index (χ1v) is 5.32. The molecule has 1 aliphatic heterocycles. The third-order valence-corrected chi connectivity index (χ3v) is 2.46. The molecule has 0 aromatic rings. The van der Waals surface area contributed by atoms with Gasteiger partial charge in [-0.05, 0) is 25.7 Å².